The molecule has 0 amide bonds. The fraction of sp³-hybridized carbons (Fsp3) is 0.588. The average Bonchev–Trinajstić information content (AvgIpc) is 3.07. The van der Waals surface area contributed by atoms with Gasteiger partial charge in [0.25, 0.3) is 0 Å². The van der Waals surface area contributed by atoms with Crippen molar-refractivity contribution in [3.8, 4) is 0 Å². The van der Waals surface area contributed by atoms with Gasteiger partial charge in [-0.1, -0.05) is 0 Å². The van der Waals surface area contributed by atoms with Gasteiger partial charge in [0.05, 0.1) is 18.7 Å². The standard InChI is InChI=1S/C17H23F4N3O2.HI/c1-2-22-16(24-9-17(3-5-25)4-6-26-10-17)23-8-11-14(20)12(18)7-13(19)15(11)21;/h7,25H,2-6,8-10H2,1H3,(H2,22,23,24);1H. The number of nitrogens with zero attached hydrogens (tertiary/aromatic N) is 1. The van der Waals surface area contributed by atoms with Crippen molar-refractivity contribution in [3.05, 3.63) is 34.9 Å². The summed E-state index contributed by atoms with van der Waals surface area (Å²) in [5.41, 5.74) is -1.03. The van der Waals surface area contributed by atoms with Gasteiger partial charge in [0.2, 0.25) is 0 Å². The first kappa shape index (κ1) is 23.9. The lowest BCUT2D eigenvalue weighted by Crippen LogP contribution is -2.44. The van der Waals surface area contributed by atoms with Crippen molar-refractivity contribution in [2.45, 2.75) is 26.3 Å². The molecule has 1 aromatic carbocycles. The molecule has 154 valence electrons. The maximum absolute atomic E-state index is 13.7. The number of rotatable bonds is 7. The molecule has 5 nitrogen and oxygen atoms in total. The molecule has 1 aliphatic rings. The second-order valence-corrected chi connectivity index (χ2v) is 6.27. The third-order valence-electron chi connectivity index (χ3n) is 4.40. The van der Waals surface area contributed by atoms with E-state index in [9.17, 15) is 22.7 Å². The van der Waals surface area contributed by atoms with Gasteiger partial charge in [-0.25, -0.2) is 22.6 Å². The first-order valence-corrected chi connectivity index (χ1v) is 8.45. The molecular formula is C17H24F4IN3O2. The summed E-state index contributed by atoms with van der Waals surface area (Å²) in [5.74, 6) is -5.58. The molecule has 10 heteroatoms. The van der Waals surface area contributed by atoms with Crippen molar-refractivity contribution in [2.75, 3.05) is 32.9 Å². The Labute approximate surface area is 172 Å². The predicted molar refractivity (Wildman–Crippen MR) is 104 cm³/mol. The summed E-state index contributed by atoms with van der Waals surface area (Å²) >= 11 is 0. The third-order valence-corrected chi connectivity index (χ3v) is 4.40. The van der Waals surface area contributed by atoms with Crippen LogP contribution in [0.4, 0.5) is 17.6 Å². The molecule has 27 heavy (non-hydrogen) atoms. The summed E-state index contributed by atoms with van der Waals surface area (Å²) in [5, 5.41) is 15.2. The number of halogens is 5. The second-order valence-electron chi connectivity index (χ2n) is 6.27. The van der Waals surface area contributed by atoms with Crippen LogP contribution in [0.3, 0.4) is 0 Å². The number of hydrogen-bond acceptors (Lipinski definition) is 3. The van der Waals surface area contributed by atoms with Gasteiger partial charge in [0.1, 0.15) is 0 Å². The normalized spacial score (nSPS) is 19.7. The monoisotopic (exact) mass is 505 g/mol. The number of aliphatic hydroxyl groups is 1. The highest BCUT2D eigenvalue weighted by Crippen LogP contribution is 2.31. The quantitative estimate of drug-likeness (QED) is 0.175. The van der Waals surface area contributed by atoms with Crippen LogP contribution in [-0.4, -0.2) is 44.0 Å². The van der Waals surface area contributed by atoms with E-state index in [1.54, 1.807) is 0 Å². The fourth-order valence-electron chi connectivity index (χ4n) is 2.84. The summed E-state index contributed by atoms with van der Waals surface area (Å²) in [6.07, 6.45) is 1.30. The van der Waals surface area contributed by atoms with Crippen LogP contribution in [0.2, 0.25) is 0 Å². The summed E-state index contributed by atoms with van der Waals surface area (Å²) < 4.78 is 59.4. The van der Waals surface area contributed by atoms with Crippen LogP contribution in [0.15, 0.2) is 11.1 Å². The van der Waals surface area contributed by atoms with Crippen molar-refractivity contribution in [3.63, 3.8) is 0 Å². The summed E-state index contributed by atoms with van der Waals surface area (Å²) in [4.78, 5) is 4.02. The van der Waals surface area contributed by atoms with Gasteiger partial charge in [0, 0.05) is 37.8 Å². The first-order chi connectivity index (χ1) is 12.4. The Morgan fingerprint density at radius 1 is 1.22 bits per heavy atom. The summed E-state index contributed by atoms with van der Waals surface area (Å²) in [7, 11) is 0. The molecule has 0 saturated carbocycles. The second kappa shape index (κ2) is 11.0. The average molecular weight is 505 g/mol. The molecule has 1 aliphatic heterocycles. The van der Waals surface area contributed by atoms with Crippen LogP contribution in [0.5, 0.6) is 0 Å². The van der Waals surface area contributed by atoms with Crippen LogP contribution in [-0.2, 0) is 11.3 Å². The molecule has 1 fully saturated rings. The smallest absolute Gasteiger partial charge is 0.191 e. The van der Waals surface area contributed by atoms with Crippen molar-refractivity contribution in [2.24, 2.45) is 10.4 Å². The molecule has 1 unspecified atom stereocenters. The summed E-state index contributed by atoms with van der Waals surface area (Å²) in [6, 6.07) is 0.167. The number of benzene rings is 1. The number of nitrogens with one attached hydrogen (secondary N) is 2. The molecule has 0 spiro atoms. The van der Waals surface area contributed by atoms with E-state index in [1.165, 1.54) is 0 Å². The molecule has 0 radical (unpaired) electrons. The number of aliphatic imine (C=N–C) groups is 1. The van der Waals surface area contributed by atoms with Crippen molar-refractivity contribution < 1.29 is 27.4 Å². The Morgan fingerprint density at radius 3 is 2.41 bits per heavy atom. The van der Waals surface area contributed by atoms with E-state index in [0.29, 0.717) is 32.7 Å². The zero-order valence-corrected chi connectivity index (χ0v) is 17.3. The van der Waals surface area contributed by atoms with Crippen LogP contribution < -0.4 is 10.6 Å². The van der Waals surface area contributed by atoms with Crippen LogP contribution >= 0.6 is 24.0 Å². The lowest BCUT2D eigenvalue weighted by Gasteiger charge is -2.27. The summed E-state index contributed by atoms with van der Waals surface area (Å²) in [6.45, 7) is 3.25. The minimum absolute atomic E-state index is 0. The maximum atomic E-state index is 13.7. The Balaban J connectivity index is 0.00000364. The first-order valence-electron chi connectivity index (χ1n) is 8.45. The SMILES string of the molecule is CCNC(=NCc1c(F)c(F)cc(F)c1F)NCC1(CCO)CCOC1.I. The molecule has 3 N–H and O–H groups in total. The van der Waals surface area contributed by atoms with E-state index in [1.807, 2.05) is 6.92 Å². The number of ether oxygens (including phenoxy) is 1. The molecule has 1 saturated heterocycles. The largest absolute Gasteiger partial charge is 0.396 e. The van der Waals surface area contributed by atoms with E-state index in [-0.39, 0.29) is 48.0 Å². The van der Waals surface area contributed by atoms with Crippen LogP contribution in [0.1, 0.15) is 25.3 Å². The highest BCUT2D eigenvalue weighted by molar-refractivity contribution is 14.0. The third kappa shape index (κ3) is 6.18. The van der Waals surface area contributed by atoms with Crippen molar-refractivity contribution >= 4 is 29.9 Å². The van der Waals surface area contributed by atoms with E-state index in [4.69, 9.17) is 4.74 Å². The highest BCUT2D eigenvalue weighted by Gasteiger charge is 2.34. The van der Waals surface area contributed by atoms with E-state index in [2.05, 4.69) is 15.6 Å². The van der Waals surface area contributed by atoms with E-state index in [0.717, 1.165) is 6.42 Å². The number of aliphatic hydroxyl groups excluding tert-OH is 1. The zero-order chi connectivity index (χ0) is 19.2. The molecule has 0 aromatic heterocycles. The van der Waals surface area contributed by atoms with Crippen molar-refractivity contribution in [1.82, 2.24) is 10.6 Å². The Hall–Kier alpha value is -1.14. The van der Waals surface area contributed by atoms with Gasteiger partial charge in [-0.05, 0) is 19.8 Å². The molecular weight excluding hydrogens is 481 g/mol. The Kier molecular flexibility index (Phi) is 9.74. The molecule has 0 aliphatic carbocycles. The zero-order valence-electron chi connectivity index (χ0n) is 15.0. The lowest BCUT2D eigenvalue weighted by molar-refractivity contribution is 0.127. The van der Waals surface area contributed by atoms with Gasteiger partial charge >= 0.3 is 0 Å². The van der Waals surface area contributed by atoms with E-state index >= 15 is 0 Å². The van der Waals surface area contributed by atoms with Gasteiger partial charge in [-0.2, -0.15) is 0 Å². The minimum atomic E-state index is -1.46. The number of hydrogen-bond donors (Lipinski definition) is 3. The highest BCUT2D eigenvalue weighted by atomic mass is 127. The van der Waals surface area contributed by atoms with Gasteiger partial charge in [-0.15, -0.1) is 24.0 Å². The molecule has 1 aromatic rings. The molecule has 2 rings (SSSR count). The van der Waals surface area contributed by atoms with Gasteiger partial charge in [-0.3, -0.25) is 0 Å². The lowest BCUT2D eigenvalue weighted by atomic mass is 9.84. The molecule has 0 bridgehead atoms. The van der Waals surface area contributed by atoms with Crippen molar-refractivity contribution in [1.29, 1.82) is 0 Å². The van der Waals surface area contributed by atoms with Gasteiger partial charge in [0.15, 0.2) is 29.2 Å². The Morgan fingerprint density at radius 2 is 1.89 bits per heavy atom. The van der Waals surface area contributed by atoms with Gasteiger partial charge < -0.3 is 20.5 Å². The van der Waals surface area contributed by atoms with Crippen LogP contribution in [0, 0.1) is 28.7 Å². The molecule has 1 atom stereocenters. The van der Waals surface area contributed by atoms with E-state index < -0.39 is 35.4 Å². The maximum Gasteiger partial charge on any atom is 0.191 e. The topological polar surface area (TPSA) is 65.9 Å². The number of guanidine groups is 1. The van der Waals surface area contributed by atoms with Crippen LogP contribution in [0.25, 0.3) is 0 Å². The molecule has 1 heterocycles. The predicted octanol–water partition coefficient (Wildman–Crippen LogP) is 2.71. The minimum Gasteiger partial charge on any atom is -0.396 e. The Bertz CT molecular complexity index is 629. The fourth-order valence-corrected chi connectivity index (χ4v) is 2.84.